The summed E-state index contributed by atoms with van der Waals surface area (Å²) < 4.78 is 13.5. The van der Waals surface area contributed by atoms with Crippen LogP contribution in [0.3, 0.4) is 0 Å². The average molecular weight is 242 g/mol. The number of rotatable bonds is 3. The number of urea groups is 1. The second-order valence-corrected chi connectivity index (χ2v) is 2.73. The predicted molar refractivity (Wildman–Crippen MR) is 33.9 cm³/mol. The molecule has 0 aromatic heterocycles. The molecule has 2 amide bonds. The van der Waals surface area contributed by atoms with E-state index in [1.807, 2.05) is 0 Å². The molecule has 0 aliphatic carbocycles. The normalized spacial score (nSPS) is 10.8. The summed E-state index contributed by atoms with van der Waals surface area (Å²) in [4.78, 5) is 26.4. The number of carbonyl (C=O) groups is 1. The molecule has 0 saturated carbocycles. The van der Waals surface area contributed by atoms with Gasteiger partial charge in [-0.25, -0.2) is 9.36 Å². The van der Waals surface area contributed by atoms with E-state index in [0.717, 1.165) is 0 Å². The van der Waals surface area contributed by atoms with Gasteiger partial charge in [0.15, 0.2) is 0 Å². The van der Waals surface area contributed by atoms with Gasteiger partial charge in [0.1, 0.15) is 0 Å². The summed E-state index contributed by atoms with van der Waals surface area (Å²) in [7, 11) is -5.02. The molecule has 0 saturated heterocycles. The molecule has 0 spiro atoms. The van der Waals surface area contributed by atoms with Gasteiger partial charge in [-0.1, -0.05) is 0 Å². The maximum absolute atomic E-state index is 10.2. The number of nitrogens with two attached hydrogens (primary N) is 1. The number of aliphatic hydroxyl groups excluding tert-OH is 1. The molecular formula is C2H8KN2O7P. The van der Waals surface area contributed by atoms with Gasteiger partial charge >= 0.3 is 65.2 Å². The Morgan fingerprint density at radius 1 is 1.54 bits per heavy atom. The number of carbonyl (C=O) groups excluding carboxylic acids is 1. The summed E-state index contributed by atoms with van der Waals surface area (Å²) in [5, 5.41) is 16.0. The molecule has 0 bridgehead atoms. The molecule has 0 aliphatic rings. The van der Waals surface area contributed by atoms with Crippen molar-refractivity contribution in [2.45, 2.75) is 6.41 Å². The molecule has 0 atom stereocenters. The van der Waals surface area contributed by atoms with Crippen LogP contribution in [-0.4, -0.2) is 37.5 Å². The van der Waals surface area contributed by atoms with Crippen molar-refractivity contribution in [2.75, 3.05) is 0 Å². The monoisotopic (exact) mass is 242 g/mol. The second-order valence-electron chi connectivity index (χ2n) is 1.58. The Balaban J connectivity index is -0.000000605. The number of hydrogen-bond donors (Lipinski definition) is 5. The molecule has 11 heteroatoms. The number of nitrogens with zero attached hydrogens (tertiary/aromatic N) is 1. The number of hydrogen-bond acceptors (Lipinski definition) is 5. The fourth-order valence-electron chi connectivity index (χ4n) is 0.311. The Labute approximate surface area is 117 Å². The molecule has 0 rings (SSSR count). The van der Waals surface area contributed by atoms with Gasteiger partial charge < -0.3 is 27.2 Å². The largest absolute Gasteiger partial charge is 1.00 e. The van der Waals surface area contributed by atoms with Gasteiger partial charge in [-0.3, -0.25) is 0 Å². The average Bonchev–Trinajstić information content (AvgIpc) is 1.79. The minimum absolute atomic E-state index is 0. The predicted octanol–water partition coefficient (Wildman–Crippen LogP) is -5.22. The first-order chi connectivity index (χ1) is 5.24. The van der Waals surface area contributed by atoms with Crippen molar-refractivity contribution < 1.29 is 86.8 Å². The van der Waals surface area contributed by atoms with E-state index in [0.29, 0.717) is 0 Å². The zero-order chi connectivity index (χ0) is 9.94. The topological polar surface area (TPSA) is 154 Å². The van der Waals surface area contributed by atoms with Crippen LogP contribution >= 0.6 is 7.82 Å². The molecule has 13 heavy (non-hydrogen) atoms. The van der Waals surface area contributed by atoms with E-state index in [1.165, 1.54) is 0 Å². The molecule has 9 nitrogen and oxygen atoms in total. The second kappa shape index (κ2) is 6.43. The minimum Gasteiger partial charge on any atom is -1.00 e. The SMILES string of the molecule is NC(=O)N(OP(=O)(O)O)C(O)O.[H-].[K+]. The first-order valence-electron chi connectivity index (χ1n) is 2.44. The van der Waals surface area contributed by atoms with Crippen LogP contribution in [0.4, 0.5) is 4.79 Å². The molecule has 0 heterocycles. The van der Waals surface area contributed by atoms with Gasteiger partial charge in [-0.05, 0) is 0 Å². The van der Waals surface area contributed by atoms with Crippen LogP contribution in [0.25, 0.3) is 0 Å². The summed E-state index contributed by atoms with van der Waals surface area (Å²) in [5.41, 5.74) is 4.44. The summed E-state index contributed by atoms with van der Waals surface area (Å²) in [6.07, 6.45) is -2.53. The molecule has 0 aliphatic heterocycles. The molecule has 0 aromatic rings. The Hall–Kier alpha value is 0.936. The molecule has 74 valence electrons. The van der Waals surface area contributed by atoms with Crippen LogP contribution in [0.15, 0.2) is 0 Å². The van der Waals surface area contributed by atoms with Gasteiger partial charge in [-0.2, -0.15) is 4.62 Å². The van der Waals surface area contributed by atoms with Crippen molar-refractivity contribution in [1.29, 1.82) is 0 Å². The summed E-state index contributed by atoms with van der Waals surface area (Å²) >= 11 is 0. The molecule has 6 N–H and O–H groups in total. The first kappa shape index (κ1) is 16.4. The third-order valence-electron chi connectivity index (χ3n) is 0.621. The van der Waals surface area contributed by atoms with Gasteiger partial charge in [0.05, 0.1) is 0 Å². The van der Waals surface area contributed by atoms with Crippen LogP contribution in [0.5, 0.6) is 0 Å². The van der Waals surface area contributed by atoms with Crippen molar-refractivity contribution in [2.24, 2.45) is 5.73 Å². The van der Waals surface area contributed by atoms with E-state index in [4.69, 9.17) is 20.0 Å². The van der Waals surface area contributed by atoms with E-state index in [9.17, 15) is 9.36 Å². The van der Waals surface area contributed by atoms with E-state index in [2.05, 4.69) is 10.4 Å². The zero-order valence-corrected chi connectivity index (χ0v) is 10.6. The van der Waals surface area contributed by atoms with Crippen LogP contribution in [0.2, 0.25) is 0 Å². The van der Waals surface area contributed by atoms with E-state index < -0.39 is 25.3 Å². The van der Waals surface area contributed by atoms with Crippen molar-refractivity contribution in [3.63, 3.8) is 0 Å². The Morgan fingerprint density at radius 3 is 2.00 bits per heavy atom. The third kappa shape index (κ3) is 7.97. The minimum atomic E-state index is -5.02. The smallest absolute Gasteiger partial charge is 1.00 e. The van der Waals surface area contributed by atoms with E-state index in [1.54, 1.807) is 0 Å². The number of phosphoric acid groups is 1. The molecule has 0 fully saturated rings. The molecule has 0 unspecified atom stereocenters. The Morgan fingerprint density at radius 2 is 1.92 bits per heavy atom. The zero-order valence-electron chi connectivity index (χ0n) is 7.56. The van der Waals surface area contributed by atoms with Crippen LogP contribution in [0, 0.1) is 0 Å². The fraction of sp³-hybridized carbons (Fsp3) is 0.500. The number of primary amides is 1. The third-order valence-corrected chi connectivity index (χ3v) is 1.01. The molecule has 0 radical (unpaired) electrons. The maximum Gasteiger partial charge on any atom is 1.00 e. The van der Waals surface area contributed by atoms with Gasteiger partial charge in [0.2, 0.25) is 0 Å². The van der Waals surface area contributed by atoms with Crippen molar-refractivity contribution in [3.8, 4) is 0 Å². The Kier molecular flexibility index (Phi) is 8.09. The summed E-state index contributed by atoms with van der Waals surface area (Å²) in [5.74, 6) is 0. The number of amides is 2. The van der Waals surface area contributed by atoms with E-state index in [-0.39, 0.29) is 52.8 Å². The van der Waals surface area contributed by atoms with Gasteiger partial charge in [0, 0.05) is 0 Å². The van der Waals surface area contributed by atoms with Crippen LogP contribution < -0.4 is 57.1 Å². The van der Waals surface area contributed by atoms with Crippen molar-refractivity contribution in [1.82, 2.24) is 5.06 Å². The standard InChI is InChI=1S/C2H7N2O7P.K.H/c3-1(5)4(2(6)7)11-12(8,9)10;;/h2,6-7H,(H2,3,5)(H2,8,9,10);;/q;+1;-1. The summed E-state index contributed by atoms with van der Waals surface area (Å²) in [6, 6.07) is -1.55. The first-order valence-corrected chi connectivity index (χ1v) is 3.97. The molecular weight excluding hydrogens is 234 g/mol. The van der Waals surface area contributed by atoms with Crippen LogP contribution in [0.1, 0.15) is 1.43 Å². The van der Waals surface area contributed by atoms with Crippen molar-refractivity contribution >= 4 is 13.9 Å². The van der Waals surface area contributed by atoms with E-state index >= 15 is 0 Å². The van der Waals surface area contributed by atoms with Crippen LogP contribution in [-0.2, 0) is 9.19 Å². The quantitative estimate of drug-likeness (QED) is 0.143. The van der Waals surface area contributed by atoms with Gasteiger partial charge in [-0.15, -0.1) is 5.06 Å². The molecule has 0 aromatic carbocycles. The Bertz CT molecular complexity index is 220. The van der Waals surface area contributed by atoms with Gasteiger partial charge in [0.25, 0.3) is 6.41 Å². The van der Waals surface area contributed by atoms with Crippen molar-refractivity contribution in [3.05, 3.63) is 0 Å². The number of aliphatic hydroxyl groups is 2. The fourth-order valence-corrected chi connectivity index (χ4v) is 0.705. The summed E-state index contributed by atoms with van der Waals surface area (Å²) in [6.45, 7) is 0. The maximum atomic E-state index is 10.2. The number of hydroxylamine groups is 2.